The quantitative estimate of drug-likeness (QED) is 0.128. The summed E-state index contributed by atoms with van der Waals surface area (Å²) in [7, 11) is 0. The first-order valence-corrected chi connectivity index (χ1v) is 19.1. The summed E-state index contributed by atoms with van der Waals surface area (Å²) in [5.41, 5.74) is 11.3. The van der Waals surface area contributed by atoms with E-state index in [-0.39, 0.29) is 0 Å². The Morgan fingerprint density at radius 2 is 1.55 bits per heavy atom. The number of hydrogen-bond acceptors (Lipinski definition) is 3. The van der Waals surface area contributed by atoms with Crippen LogP contribution in [0.4, 0.5) is 0 Å². The first kappa shape index (κ1) is 34.8. The number of aryl methyl sites for hydroxylation is 3. The van der Waals surface area contributed by atoms with Gasteiger partial charge in [0.25, 0.3) is 0 Å². The van der Waals surface area contributed by atoms with Crippen LogP contribution in [0, 0.1) is 31.6 Å². The molecule has 2 atom stereocenters. The number of para-hydroxylation sites is 1. The maximum atomic E-state index is 6.76. The van der Waals surface area contributed by atoms with Gasteiger partial charge in [-0.1, -0.05) is 64.5 Å². The average Bonchev–Trinajstić information content (AvgIpc) is 3.61. The number of allylic oxidation sites excluding steroid dienone is 2. The van der Waals surface area contributed by atoms with Crippen LogP contribution < -0.4 is 4.74 Å². The molecule has 7 rings (SSSR count). The van der Waals surface area contributed by atoms with Crippen LogP contribution in [0.5, 0.6) is 11.5 Å². The summed E-state index contributed by atoms with van der Waals surface area (Å²) in [5.74, 6) is 4.77. The van der Waals surface area contributed by atoms with Gasteiger partial charge in [0.05, 0.1) is 22.4 Å². The molecule has 6 aromatic rings. The van der Waals surface area contributed by atoms with Crippen LogP contribution in [-0.4, -0.2) is 19.3 Å². The summed E-state index contributed by atoms with van der Waals surface area (Å²) in [4.78, 5) is 4.77. The normalized spacial score (nSPS) is 16.5. The van der Waals surface area contributed by atoms with Crippen LogP contribution in [0.2, 0.25) is 0 Å². The van der Waals surface area contributed by atoms with Crippen molar-refractivity contribution in [2.24, 2.45) is 17.8 Å². The summed E-state index contributed by atoms with van der Waals surface area (Å²) >= 11 is 0. The van der Waals surface area contributed by atoms with Crippen molar-refractivity contribution in [1.29, 1.82) is 0 Å². The molecule has 0 amide bonds. The van der Waals surface area contributed by atoms with Gasteiger partial charge in [-0.2, -0.15) is 5.10 Å². The second-order valence-corrected chi connectivity index (χ2v) is 15.9. The lowest BCUT2D eigenvalue weighted by atomic mass is 9.74. The number of fused-ring (bicyclic) bond motifs is 3. The molecule has 0 unspecified atom stereocenters. The van der Waals surface area contributed by atoms with Crippen molar-refractivity contribution in [3.05, 3.63) is 119 Å². The molecule has 0 radical (unpaired) electrons. The summed E-state index contributed by atoms with van der Waals surface area (Å²) in [5, 5.41) is 7.89. The van der Waals surface area contributed by atoms with Crippen LogP contribution in [0.3, 0.4) is 0 Å². The van der Waals surface area contributed by atoms with Crippen LogP contribution in [-0.2, 0) is 12.8 Å². The van der Waals surface area contributed by atoms with Crippen LogP contribution in [0.15, 0.2) is 90.6 Å². The molecule has 5 nitrogen and oxygen atoms in total. The third-order valence-electron chi connectivity index (χ3n) is 10.8. The minimum Gasteiger partial charge on any atom is -0.457 e. The van der Waals surface area contributed by atoms with Crippen molar-refractivity contribution in [2.75, 3.05) is 0 Å². The molecule has 0 fully saturated rings. The average molecular weight is 679 g/mol. The Hall–Kier alpha value is -4.64. The van der Waals surface area contributed by atoms with Crippen molar-refractivity contribution in [3.8, 4) is 23.0 Å². The molecule has 3 heterocycles. The zero-order valence-electron chi connectivity index (χ0n) is 31.8. The van der Waals surface area contributed by atoms with E-state index in [1.807, 2.05) is 12.3 Å². The predicted octanol–water partition coefficient (Wildman–Crippen LogP) is 12.4. The van der Waals surface area contributed by atoms with Gasteiger partial charge in [0.2, 0.25) is 0 Å². The second-order valence-electron chi connectivity index (χ2n) is 15.9. The monoisotopic (exact) mass is 678 g/mol. The molecule has 0 aliphatic heterocycles. The number of pyridine rings is 1. The third-order valence-corrected chi connectivity index (χ3v) is 10.8. The lowest BCUT2D eigenvalue weighted by Crippen LogP contribution is -2.18. The van der Waals surface area contributed by atoms with Gasteiger partial charge < -0.3 is 4.74 Å². The molecular weight excluding hydrogens is 625 g/mol. The van der Waals surface area contributed by atoms with Crippen molar-refractivity contribution in [1.82, 2.24) is 19.3 Å². The Balaban J connectivity index is 1.33. The van der Waals surface area contributed by atoms with E-state index in [4.69, 9.17) is 14.8 Å². The lowest BCUT2D eigenvalue weighted by molar-refractivity contribution is 0.443. The highest BCUT2D eigenvalue weighted by Gasteiger charge is 2.32. The molecule has 51 heavy (non-hydrogen) atoms. The third kappa shape index (κ3) is 7.13. The van der Waals surface area contributed by atoms with E-state index in [9.17, 15) is 0 Å². The molecule has 0 saturated carbocycles. The Labute approximate surface area is 304 Å². The standard InChI is InChI=1S/C46H54N4O/c1-29(2)16-20-40-46(45-33(7)12-11-13-34(45)8)42(21-17-30(3)4)50(48-40)35-24-32(6)25-37(27-35)51-36-18-19-39-38-14-9-10-15-41(38)49(43(39)28-36)44-26-31(5)22-23-47-44/h9-10,12,14-15,18-19,22-30,34,45H,11,13,16-17,20-21H2,1-8H3/t34-,45+/m0/s1. The summed E-state index contributed by atoms with van der Waals surface area (Å²) in [6, 6.07) is 25.8. The SMILES string of the molecule is CC1=CCC[C@H](C)[C@@H]1c1c(CCC(C)C)nn(-c2cc(C)cc(Oc3ccc4c5ccccc5n(-c5cc(C)ccn5)c4c3)c2)c1CCC(C)C. The molecule has 0 saturated heterocycles. The van der Waals surface area contributed by atoms with E-state index in [2.05, 4.69) is 137 Å². The van der Waals surface area contributed by atoms with Gasteiger partial charge in [0.1, 0.15) is 17.3 Å². The van der Waals surface area contributed by atoms with Gasteiger partial charge in [-0.05, 0) is 131 Å². The predicted molar refractivity (Wildman–Crippen MR) is 213 cm³/mol. The number of rotatable bonds is 11. The fourth-order valence-corrected chi connectivity index (χ4v) is 8.14. The number of ether oxygens (including phenoxy) is 1. The topological polar surface area (TPSA) is 44.9 Å². The molecule has 5 heteroatoms. The minimum atomic E-state index is 0.415. The highest BCUT2D eigenvalue weighted by Crippen LogP contribution is 2.43. The Kier molecular flexibility index (Phi) is 9.92. The fourth-order valence-electron chi connectivity index (χ4n) is 8.14. The first-order valence-electron chi connectivity index (χ1n) is 19.1. The Bertz CT molecular complexity index is 2210. The summed E-state index contributed by atoms with van der Waals surface area (Å²) in [6.07, 6.45) is 11.0. The Morgan fingerprint density at radius 3 is 2.31 bits per heavy atom. The highest BCUT2D eigenvalue weighted by molar-refractivity contribution is 6.09. The number of hydrogen-bond donors (Lipinski definition) is 0. The van der Waals surface area contributed by atoms with Gasteiger partial charge in [0, 0.05) is 46.3 Å². The smallest absolute Gasteiger partial charge is 0.137 e. The molecule has 0 N–H and O–H groups in total. The molecule has 0 bridgehead atoms. The zero-order chi connectivity index (χ0) is 35.8. The first-order chi connectivity index (χ1) is 24.6. The number of benzene rings is 3. The minimum absolute atomic E-state index is 0.415. The molecule has 3 aromatic heterocycles. The second kappa shape index (κ2) is 14.5. The van der Waals surface area contributed by atoms with E-state index >= 15 is 0 Å². The van der Waals surface area contributed by atoms with E-state index in [1.165, 1.54) is 51.7 Å². The lowest BCUT2D eigenvalue weighted by Gasteiger charge is -2.30. The summed E-state index contributed by atoms with van der Waals surface area (Å²) < 4.78 is 11.3. The van der Waals surface area contributed by atoms with Crippen LogP contribution in [0.1, 0.15) is 101 Å². The van der Waals surface area contributed by atoms with Crippen LogP contribution >= 0.6 is 0 Å². The van der Waals surface area contributed by atoms with E-state index < -0.39 is 0 Å². The van der Waals surface area contributed by atoms with Crippen molar-refractivity contribution >= 4 is 21.8 Å². The molecule has 1 aliphatic rings. The van der Waals surface area contributed by atoms with E-state index in [0.717, 1.165) is 65.3 Å². The fraction of sp³-hybridized carbons (Fsp3) is 0.391. The van der Waals surface area contributed by atoms with Gasteiger partial charge in [0.15, 0.2) is 0 Å². The molecule has 264 valence electrons. The van der Waals surface area contributed by atoms with Crippen molar-refractivity contribution in [3.63, 3.8) is 0 Å². The number of nitrogens with zero attached hydrogens (tertiary/aromatic N) is 4. The largest absolute Gasteiger partial charge is 0.457 e. The Morgan fingerprint density at radius 1 is 0.784 bits per heavy atom. The van der Waals surface area contributed by atoms with Crippen LogP contribution in [0.25, 0.3) is 33.3 Å². The molecule has 0 spiro atoms. The number of aromatic nitrogens is 4. The molecule has 3 aromatic carbocycles. The van der Waals surface area contributed by atoms with Gasteiger partial charge in [-0.25, -0.2) is 9.67 Å². The zero-order valence-corrected chi connectivity index (χ0v) is 31.8. The van der Waals surface area contributed by atoms with Gasteiger partial charge in [-0.15, -0.1) is 0 Å². The van der Waals surface area contributed by atoms with Crippen molar-refractivity contribution in [2.45, 2.75) is 99.8 Å². The van der Waals surface area contributed by atoms with E-state index in [1.54, 1.807) is 0 Å². The molecule has 1 aliphatic carbocycles. The maximum Gasteiger partial charge on any atom is 0.137 e. The van der Waals surface area contributed by atoms with Gasteiger partial charge in [-0.3, -0.25) is 4.57 Å². The summed E-state index contributed by atoms with van der Waals surface area (Å²) in [6.45, 7) is 18.4. The van der Waals surface area contributed by atoms with Gasteiger partial charge >= 0.3 is 0 Å². The molecular formula is C46H54N4O. The maximum absolute atomic E-state index is 6.76. The highest BCUT2D eigenvalue weighted by atomic mass is 16.5. The van der Waals surface area contributed by atoms with E-state index in [0.29, 0.717) is 23.7 Å². The van der Waals surface area contributed by atoms with Crippen molar-refractivity contribution < 1.29 is 4.74 Å².